The first-order valence-corrected chi connectivity index (χ1v) is 6.96. The molecule has 1 unspecified atom stereocenters. The number of carboxylic acids is 1. The Kier molecular flexibility index (Phi) is 4.69. The smallest absolute Gasteiger partial charge is 0.304 e. The molecule has 0 amide bonds. The Morgan fingerprint density at radius 1 is 1.44 bits per heavy atom. The van der Waals surface area contributed by atoms with Crippen LogP contribution in [0.2, 0.25) is 0 Å². The van der Waals surface area contributed by atoms with E-state index in [1.807, 2.05) is 0 Å². The van der Waals surface area contributed by atoms with Gasteiger partial charge in [-0.2, -0.15) is 0 Å². The van der Waals surface area contributed by atoms with Crippen molar-refractivity contribution in [3.05, 3.63) is 29.8 Å². The monoisotopic (exact) mass is 273 g/mol. The van der Waals surface area contributed by atoms with Crippen molar-refractivity contribution in [2.24, 2.45) is 0 Å². The SMILES string of the molecule is CC(NS(=O)(=O)CCC(=O)O)c1cccc(O)c1. The second-order valence-corrected chi connectivity index (χ2v) is 5.77. The van der Waals surface area contributed by atoms with Crippen LogP contribution in [0.15, 0.2) is 24.3 Å². The normalized spacial score (nSPS) is 13.2. The maximum Gasteiger partial charge on any atom is 0.304 e. The van der Waals surface area contributed by atoms with Crippen molar-refractivity contribution in [3.8, 4) is 5.75 Å². The lowest BCUT2D eigenvalue weighted by Gasteiger charge is -2.14. The van der Waals surface area contributed by atoms with Gasteiger partial charge in [0.25, 0.3) is 0 Å². The van der Waals surface area contributed by atoms with E-state index < -0.39 is 34.2 Å². The second-order valence-electron chi connectivity index (χ2n) is 3.90. The van der Waals surface area contributed by atoms with Crippen molar-refractivity contribution in [3.63, 3.8) is 0 Å². The van der Waals surface area contributed by atoms with Crippen molar-refractivity contribution in [2.75, 3.05) is 5.75 Å². The number of phenolic OH excluding ortho intramolecular Hbond substituents is 1. The molecule has 100 valence electrons. The number of aliphatic carboxylic acids is 1. The fourth-order valence-electron chi connectivity index (χ4n) is 1.41. The fraction of sp³-hybridized carbons (Fsp3) is 0.364. The van der Waals surface area contributed by atoms with Gasteiger partial charge in [0, 0.05) is 6.04 Å². The molecule has 0 spiro atoms. The van der Waals surface area contributed by atoms with Gasteiger partial charge in [-0.1, -0.05) is 12.1 Å². The van der Waals surface area contributed by atoms with Crippen LogP contribution in [-0.4, -0.2) is 30.4 Å². The molecule has 1 atom stereocenters. The summed E-state index contributed by atoms with van der Waals surface area (Å²) >= 11 is 0. The minimum atomic E-state index is -3.65. The molecule has 0 heterocycles. The molecule has 0 aliphatic heterocycles. The van der Waals surface area contributed by atoms with Crippen LogP contribution in [0.5, 0.6) is 5.75 Å². The Balaban J connectivity index is 2.69. The number of benzene rings is 1. The molecule has 1 aromatic carbocycles. The van der Waals surface area contributed by atoms with E-state index in [4.69, 9.17) is 5.11 Å². The zero-order valence-corrected chi connectivity index (χ0v) is 10.6. The summed E-state index contributed by atoms with van der Waals surface area (Å²) in [6, 6.07) is 5.67. The van der Waals surface area contributed by atoms with Gasteiger partial charge in [-0.15, -0.1) is 0 Å². The average molecular weight is 273 g/mol. The first kappa shape index (κ1) is 14.5. The van der Waals surface area contributed by atoms with Crippen molar-refractivity contribution >= 4 is 16.0 Å². The number of phenols is 1. The topological polar surface area (TPSA) is 104 Å². The van der Waals surface area contributed by atoms with Gasteiger partial charge >= 0.3 is 5.97 Å². The minimum Gasteiger partial charge on any atom is -0.508 e. The Labute approximate surface area is 105 Å². The van der Waals surface area contributed by atoms with Gasteiger partial charge in [0.05, 0.1) is 12.2 Å². The number of rotatable bonds is 6. The van der Waals surface area contributed by atoms with Crippen LogP contribution in [0.4, 0.5) is 0 Å². The molecule has 3 N–H and O–H groups in total. The van der Waals surface area contributed by atoms with E-state index in [0.29, 0.717) is 5.56 Å². The molecule has 0 aliphatic rings. The lowest BCUT2D eigenvalue weighted by atomic mass is 10.1. The molecule has 0 aliphatic carbocycles. The molecule has 0 saturated heterocycles. The first-order valence-electron chi connectivity index (χ1n) is 5.31. The molecule has 7 heteroatoms. The van der Waals surface area contributed by atoms with E-state index in [2.05, 4.69) is 4.72 Å². The lowest BCUT2D eigenvalue weighted by molar-refractivity contribution is -0.136. The zero-order chi connectivity index (χ0) is 13.8. The van der Waals surface area contributed by atoms with Gasteiger partial charge in [-0.05, 0) is 24.6 Å². The van der Waals surface area contributed by atoms with E-state index in [-0.39, 0.29) is 5.75 Å². The molecule has 6 nitrogen and oxygen atoms in total. The summed E-state index contributed by atoms with van der Waals surface area (Å²) in [6.07, 6.45) is -0.442. The first-order chi connectivity index (χ1) is 8.30. The Bertz CT molecular complexity index is 526. The summed E-state index contributed by atoms with van der Waals surface area (Å²) < 4.78 is 25.5. The van der Waals surface area contributed by atoms with Crippen LogP contribution in [0.1, 0.15) is 24.9 Å². The van der Waals surface area contributed by atoms with Crippen molar-refractivity contribution in [1.29, 1.82) is 0 Å². The fourth-order valence-corrected chi connectivity index (χ4v) is 2.65. The van der Waals surface area contributed by atoms with Crippen molar-refractivity contribution in [2.45, 2.75) is 19.4 Å². The number of aromatic hydroxyl groups is 1. The Morgan fingerprint density at radius 3 is 2.67 bits per heavy atom. The van der Waals surface area contributed by atoms with Gasteiger partial charge in [0.15, 0.2) is 0 Å². The minimum absolute atomic E-state index is 0.0454. The number of hydrogen-bond donors (Lipinski definition) is 3. The molecule has 0 fully saturated rings. The molecule has 0 bridgehead atoms. The van der Waals surface area contributed by atoms with Crippen molar-refractivity contribution in [1.82, 2.24) is 4.72 Å². The molecule has 0 radical (unpaired) electrons. The van der Waals surface area contributed by atoms with Crippen LogP contribution < -0.4 is 4.72 Å². The van der Waals surface area contributed by atoms with Crippen LogP contribution in [0.25, 0.3) is 0 Å². The van der Waals surface area contributed by atoms with Crippen molar-refractivity contribution < 1.29 is 23.4 Å². The molecule has 1 rings (SSSR count). The van der Waals surface area contributed by atoms with Gasteiger partial charge in [0.2, 0.25) is 10.0 Å². The summed E-state index contributed by atoms with van der Waals surface area (Å²) in [5, 5.41) is 17.7. The van der Waals surface area contributed by atoms with Crippen LogP contribution >= 0.6 is 0 Å². The average Bonchev–Trinajstić information content (AvgIpc) is 2.26. The highest BCUT2D eigenvalue weighted by molar-refractivity contribution is 7.89. The van der Waals surface area contributed by atoms with Crippen LogP contribution in [-0.2, 0) is 14.8 Å². The third kappa shape index (κ3) is 4.72. The summed E-state index contributed by atoms with van der Waals surface area (Å²) in [5.41, 5.74) is 0.605. The molecule has 0 saturated carbocycles. The predicted octanol–water partition coefficient (Wildman–Crippen LogP) is 0.847. The van der Waals surface area contributed by atoms with E-state index in [1.165, 1.54) is 12.1 Å². The maximum absolute atomic E-state index is 11.6. The van der Waals surface area contributed by atoms with Gasteiger partial charge < -0.3 is 10.2 Å². The highest BCUT2D eigenvalue weighted by atomic mass is 32.2. The number of carbonyl (C=O) groups is 1. The third-order valence-electron chi connectivity index (χ3n) is 2.31. The van der Waals surface area contributed by atoms with Crippen LogP contribution in [0, 0.1) is 0 Å². The molecule has 1 aromatic rings. The highest BCUT2D eigenvalue weighted by Gasteiger charge is 2.17. The van der Waals surface area contributed by atoms with E-state index >= 15 is 0 Å². The summed E-state index contributed by atoms with van der Waals surface area (Å²) in [7, 11) is -3.65. The Morgan fingerprint density at radius 2 is 2.11 bits per heavy atom. The van der Waals surface area contributed by atoms with E-state index in [0.717, 1.165) is 0 Å². The van der Waals surface area contributed by atoms with Gasteiger partial charge in [0.1, 0.15) is 5.75 Å². The standard InChI is InChI=1S/C11H15NO5S/c1-8(9-3-2-4-10(13)7-9)12-18(16,17)6-5-11(14)15/h2-4,7-8,12-13H,5-6H2,1H3,(H,14,15). The molecule has 18 heavy (non-hydrogen) atoms. The van der Waals surface area contributed by atoms with E-state index in [1.54, 1.807) is 19.1 Å². The predicted molar refractivity (Wildman–Crippen MR) is 65.7 cm³/mol. The summed E-state index contributed by atoms with van der Waals surface area (Å²) in [5.74, 6) is -1.58. The quantitative estimate of drug-likeness (QED) is 0.712. The lowest BCUT2D eigenvalue weighted by Crippen LogP contribution is -2.30. The number of sulfonamides is 1. The maximum atomic E-state index is 11.6. The molecular weight excluding hydrogens is 258 g/mol. The third-order valence-corrected chi connectivity index (χ3v) is 3.77. The number of carboxylic acid groups (broad SMARTS) is 1. The Hall–Kier alpha value is -1.60. The van der Waals surface area contributed by atoms with Crippen LogP contribution in [0.3, 0.4) is 0 Å². The van der Waals surface area contributed by atoms with Gasteiger partial charge in [-0.3, -0.25) is 4.79 Å². The number of hydrogen-bond acceptors (Lipinski definition) is 4. The van der Waals surface area contributed by atoms with Gasteiger partial charge in [-0.25, -0.2) is 13.1 Å². The summed E-state index contributed by atoms with van der Waals surface area (Å²) in [6.45, 7) is 1.62. The largest absolute Gasteiger partial charge is 0.508 e. The summed E-state index contributed by atoms with van der Waals surface area (Å²) in [4.78, 5) is 10.3. The second kappa shape index (κ2) is 5.83. The number of nitrogens with one attached hydrogen (secondary N) is 1. The molecular formula is C11H15NO5S. The van der Waals surface area contributed by atoms with E-state index in [9.17, 15) is 18.3 Å². The molecule has 0 aromatic heterocycles. The highest BCUT2D eigenvalue weighted by Crippen LogP contribution is 2.18. The zero-order valence-electron chi connectivity index (χ0n) is 9.83.